The Morgan fingerprint density at radius 2 is 1.86 bits per heavy atom. The van der Waals surface area contributed by atoms with Gasteiger partial charge >= 0.3 is 0 Å². The molecule has 3 rings (SSSR count). The Balaban J connectivity index is 1.92. The van der Waals surface area contributed by atoms with Gasteiger partial charge in [-0.1, -0.05) is 34.9 Å². The van der Waals surface area contributed by atoms with E-state index in [0.717, 1.165) is 16.8 Å². The summed E-state index contributed by atoms with van der Waals surface area (Å²) < 4.78 is 0. The third-order valence-electron chi connectivity index (χ3n) is 3.12. The highest BCUT2D eigenvalue weighted by Gasteiger charge is 2.12. The summed E-state index contributed by atoms with van der Waals surface area (Å²) in [7, 11) is 0. The third kappa shape index (κ3) is 2.98. The van der Waals surface area contributed by atoms with Gasteiger partial charge in [-0.25, -0.2) is 4.98 Å². The lowest BCUT2D eigenvalue weighted by Gasteiger charge is -2.07. The van der Waals surface area contributed by atoms with Crippen molar-refractivity contribution in [2.75, 3.05) is 5.32 Å². The number of pyridine rings is 1. The average Bonchev–Trinajstić information content (AvgIpc) is 3.00. The molecule has 1 aromatic carbocycles. The van der Waals surface area contributed by atoms with Gasteiger partial charge < -0.3 is 0 Å². The Morgan fingerprint density at radius 1 is 1.09 bits per heavy atom. The number of benzene rings is 1. The normalized spacial score (nSPS) is 10.5. The van der Waals surface area contributed by atoms with Gasteiger partial charge in [-0.2, -0.15) is 5.21 Å². The van der Waals surface area contributed by atoms with E-state index in [-0.39, 0.29) is 11.9 Å². The predicted octanol–water partition coefficient (Wildman–Crippen LogP) is 2.13. The molecule has 0 saturated carbocycles. The maximum Gasteiger partial charge on any atom is 0.276 e. The fourth-order valence-electron chi connectivity index (χ4n) is 2.04. The van der Waals surface area contributed by atoms with Crippen LogP contribution in [0.5, 0.6) is 0 Å². The number of hydrogen-bond acceptors (Lipinski definition) is 5. The number of hydrogen-bond donors (Lipinski definition) is 2. The third-order valence-corrected chi connectivity index (χ3v) is 3.12. The highest BCUT2D eigenvalue weighted by atomic mass is 16.2. The van der Waals surface area contributed by atoms with Crippen LogP contribution in [0.4, 0.5) is 5.95 Å². The largest absolute Gasteiger partial charge is 0.286 e. The van der Waals surface area contributed by atoms with Gasteiger partial charge in [0.1, 0.15) is 5.69 Å². The molecule has 0 bridgehead atoms. The zero-order chi connectivity index (χ0) is 15.5. The number of carbonyl (C=O) groups is 1. The van der Waals surface area contributed by atoms with E-state index in [0.29, 0.717) is 5.69 Å². The van der Waals surface area contributed by atoms with Gasteiger partial charge in [0.05, 0.1) is 5.69 Å². The van der Waals surface area contributed by atoms with Crippen LogP contribution in [0.1, 0.15) is 21.6 Å². The highest BCUT2D eigenvalue weighted by Crippen LogP contribution is 2.20. The molecule has 3 aromatic rings. The van der Waals surface area contributed by atoms with E-state index in [1.165, 1.54) is 5.56 Å². The van der Waals surface area contributed by atoms with Gasteiger partial charge in [0.2, 0.25) is 0 Å². The minimum Gasteiger partial charge on any atom is -0.286 e. The SMILES string of the molecule is Cc1ccc(-c2cc(C)cc(C(=O)Nc3nn[nH]n3)n2)cc1. The number of H-pyrrole nitrogens is 1. The number of nitrogens with one attached hydrogen (secondary N) is 2. The topological polar surface area (TPSA) is 96.5 Å². The van der Waals surface area contributed by atoms with Crippen LogP contribution in [0.25, 0.3) is 11.3 Å². The van der Waals surface area contributed by atoms with Gasteiger partial charge in [0, 0.05) is 5.56 Å². The zero-order valence-corrected chi connectivity index (χ0v) is 12.2. The van der Waals surface area contributed by atoms with Crippen LogP contribution in [-0.4, -0.2) is 31.5 Å². The average molecular weight is 294 g/mol. The second-order valence-corrected chi connectivity index (χ2v) is 4.97. The summed E-state index contributed by atoms with van der Waals surface area (Å²) in [6, 6.07) is 11.6. The smallest absolute Gasteiger partial charge is 0.276 e. The Bertz CT molecular complexity index is 795. The van der Waals surface area contributed by atoms with Crippen molar-refractivity contribution in [1.82, 2.24) is 25.6 Å². The molecule has 0 aliphatic heterocycles. The molecule has 0 aliphatic rings. The minimum absolute atomic E-state index is 0.116. The molecular formula is C15H14N6O. The number of carbonyl (C=O) groups excluding carboxylic acids is 1. The quantitative estimate of drug-likeness (QED) is 0.771. The maximum absolute atomic E-state index is 12.2. The summed E-state index contributed by atoms with van der Waals surface area (Å²) in [4.78, 5) is 16.6. The number of amides is 1. The molecule has 0 radical (unpaired) electrons. The standard InChI is InChI=1S/C15H14N6O/c1-9-3-5-11(6-4-9)12-7-10(2)8-13(16-12)14(22)17-15-18-20-21-19-15/h3-8H,1-2H3,(H2,17,18,19,20,21,22). The van der Waals surface area contributed by atoms with Crippen molar-refractivity contribution in [3.8, 4) is 11.3 Å². The van der Waals surface area contributed by atoms with Gasteiger partial charge in [0.15, 0.2) is 0 Å². The van der Waals surface area contributed by atoms with Crippen LogP contribution in [0.2, 0.25) is 0 Å². The molecule has 2 heterocycles. The number of aromatic amines is 1. The van der Waals surface area contributed by atoms with Crippen LogP contribution < -0.4 is 5.32 Å². The van der Waals surface area contributed by atoms with Gasteiger partial charge in [-0.05, 0) is 36.8 Å². The number of rotatable bonds is 3. The number of anilines is 1. The van der Waals surface area contributed by atoms with E-state index in [4.69, 9.17) is 0 Å². The molecule has 0 saturated heterocycles. The first-order valence-corrected chi connectivity index (χ1v) is 6.72. The molecule has 2 N–H and O–H groups in total. The molecule has 110 valence electrons. The summed E-state index contributed by atoms with van der Waals surface area (Å²) in [5.74, 6) is -0.261. The number of tetrazole rings is 1. The molecule has 2 aromatic heterocycles. The van der Waals surface area contributed by atoms with Crippen LogP contribution in [0, 0.1) is 13.8 Å². The van der Waals surface area contributed by atoms with E-state index < -0.39 is 0 Å². The zero-order valence-electron chi connectivity index (χ0n) is 12.2. The first kappa shape index (κ1) is 13.9. The van der Waals surface area contributed by atoms with Crippen LogP contribution in [-0.2, 0) is 0 Å². The summed E-state index contributed by atoms with van der Waals surface area (Å²) >= 11 is 0. The van der Waals surface area contributed by atoms with Gasteiger partial charge in [-0.15, -0.1) is 5.10 Å². The Labute approximate surface area is 126 Å². The van der Waals surface area contributed by atoms with Crippen molar-refractivity contribution in [3.05, 3.63) is 53.2 Å². The van der Waals surface area contributed by atoms with Crippen molar-refractivity contribution in [1.29, 1.82) is 0 Å². The predicted molar refractivity (Wildman–Crippen MR) is 81.3 cm³/mol. The van der Waals surface area contributed by atoms with Crippen LogP contribution in [0.3, 0.4) is 0 Å². The fraction of sp³-hybridized carbons (Fsp3) is 0.133. The summed E-state index contributed by atoms with van der Waals surface area (Å²) in [6.45, 7) is 3.95. The molecule has 0 aliphatic carbocycles. The van der Waals surface area contributed by atoms with Crippen molar-refractivity contribution in [3.63, 3.8) is 0 Å². The fourth-order valence-corrected chi connectivity index (χ4v) is 2.04. The number of aryl methyl sites for hydroxylation is 2. The van der Waals surface area contributed by atoms with Crippen molar-refractivity contribution < 1.29 is 4.79 Å². The van der Waals surface area contributed by atoms with E-state index in [2.05, 4.69) is 30.9 Å². The first-order chi connectivity index (χ1) is 10.6. The number of aromatic nitrogens is 5. The lowest BCUT2D eigenvalue weighted by molar-refractivity contribution is 0.102. The lowest BCUT2D eigenvalue weighted by atomic mass is 10.1. The van der Waals surface area contributed by atoms with Crippen LogP contribution >= 0.6 is 0 Å². The lowest BCUT2D eigenvalue weighted by Crippen LogP contribution is -2.15. The minimum atomic E-state index is -0.376. The van der Waals surface area contributed by atoms with E-state index in [9.17, 15) is 4.79 Å². The molecule has 0 unspecified atom stereocenters. The summed E-state index contributed by atoms with van der Waals surface area (Å²) in [5, 5.41) is 15.6. The highest BCUT2D eigenvalue weighted by molar-refractivity contribution is 6.02. The molecular weight excluding hydrogens is 280 g/mol. The molecule has 0 spiro atoms. The molecule has 7 nitrogen and oxygen atoms in total. The summed E-state index contributed by atoms with van der Waals surface area (Å²) in [5.41, 5.74) is 4.14. The Kier molecular flexibility index (Phi) is 3.61. The first-order valence-electron chi connectivity index (χ1n) is 6.72. The Morgan fingerprint density at radius 3 is 2.55 bits per heavy atom. The second kappa shape index (κ2) is 5.72. The molecule has 0 fully saturated rings. The molecule has 22 heavy (non-hydrogen) atoms. The second-order valence-electron chi connectivity index (χ2n) is 4.97. The van der Waals surface area contributed by atoms with Gasteiger partial charge in [-0.3, -0.25) is 10.1 Å². The number of nitrogens with zero attached hydrogens (tertiary/aromatic N) is 4. The summed E-state index contributed by atoms with van der Waals surface area (Å²) in [6.07, 6.45) is 0. The van der Waals surface area contributed by atoms with E-state index in [1.807, 2.05) is 44.2 Å². The van der Waals surface area contributed by atoms with E-state index >= 15 is 0 Å². The molecule has 7 heteroatoms. The van der Waals surface area contributed by atoms with Crippen molar-refractivity contribution >= 4 is 11.9 Å². The van der Waals surface area contributed by atoms with Crippen molar-refractivity contribution in [2.24, 2.45) is 0 Å². The molecule has 1 amide bonds. The molecule has 0 atom stereocenters. The van der Waals surface area contributed by atoms with Crippen LogP contribution in [0.15, 0.2) is 36.4 Å². The van der Waals surface area contributed by atoms with Crippen molar-refractivity contribution in [2.45, 2.75) is 13.8 Å². The van der Waals surface area contributed by atoms with Gasteiger partial charge in [0.25, 0.3) is 11.9 Å². The Hall–Kier alpha value is -3.09. The monoisotopic (exact) mass is 294 g/mol. The maximum atomic E-state index is 12.2. The van der Waals surface area contributed by atoms with E-state index in [1.54, 1.807) is 6.07 Å².